The number of carboxylic acids is 1. The van der Waals surface area contributed by atoms with Crippen LogP contribution >= 0.6 is 0 Å². The highest BCUT2D eigenvalue weighted by molar-refractivity contribution is 5.80. The van der Waals surface area contributed by atoms with Crippen molar-refractivity contribution in [3.05, 3.63) is 52.1 Å². The molecule has 0 aromatic heterocycles. The van der Waals surface area contributed by atoms with E-state index in [0.29, 0.717) is 0 Å². The maximum atomic E-state index is 11.5. The van der Waals surface area contributed by atoms with E-state index in [1.807, 2.05) is 0 Å². The Morgan fingerprint density at radius 1 is 1.41 bits per heavy atom. The van der Waals surface area contributed by atoms with Crippen molar-refractivity contribution in [3.63, 3.8) is 0 Å². The first-order valence-electron chi connectivity index (χ1n) is 6.51. The third kappa shape index (κ3) is 3.14. The van der Waals surface area contributed by atoms with E-state index in [0.717, 1.165) is 12.2 Å². The van der Waals surface area contributed by atoms with Crippen molar-refractivity contribution in [2.24, 2.45) is 0 Å². The molecule has 1 aliphatic carbocycles. The van der Waals surface area contributed by atoms with E-state index in [-0.39, 0.29) is 24.3 Å². The van der Waals surface area contributed by atoms with Crippen LogP contribution in [0.4, 0.5) is 5.69 Å². The summed E-state index contributed by atoms with van der Waals surface area (Å²) in [6.07, 6.45) is -0.502. The Kier molecular flexibility index (Phi) is 4.55. The summed E-state index contributed by atoms with van der Waals surface area (Å²) in [5, 5.41) is 39.3. The molecule has 0 saturated carbocycles. The third-order valence-electron chi connectivity index (χ3n) is 3.50. The van der Waals surface area contributed by atoms with Crippen LogP contribution in [0.3, 0.4) is 0 Å². The molecule has 1 aromatic rings. The zero-order valence-corrected chi connectivity index (χ0v) is 11.5. The fourth-order valence-corrected chi connectivity index (χ4v) is 2.23. The Balaban J connectivity index is 2.23. The largest absolute Gasteiger partial charge is 0.479 e. The quantitative estimate of drug-likeness (QED) is 0.413. The van der Waals surface area contributed by atoms with Gasteiger partial charge in [0.1, 0.15) is 0 Å². The molecule has 0 spiro atoms. The second-order valence-corrected chi connectivity index (χ2v) is 4.99. The molecule has 0 amide bonds. The Morgan fingerprint density at radius 2 is 2.09 bits per heavy atom. The Morgan fingerprint density at radius 3 is 2.68 bits per heavy atom. The lowest BCUT2D eigenvalue weighted by atomic mass is 9.87. The van der Waals surface area contributed by atoms with Gasteiger partial charge in [0.25, 0.3) is 5.69 Å². The number of para-hydroxylation sites is 1. The van der Waals surface area contributed by atoms with E-state index in [1.54, 1.807) is 6.07 Å². The average molecular weight is 309 g/mol. The molecule has 22 heavy (non-hydrogen) atoms. The predicted octanol–water partition coefficient (Wildman–Crippen LogP) is 0.616. The molecule has 8 heteroatoms. The number of nitro groups is 1. The van der Waals surface area contributed by atoms with E-state index in [4.69, 9.17) is 4.74 Å². The predicted molar refractivity (Wildman–Crippen MR) is 74.0 cm³/mol. The van der Waals surface area contributed by atoms with Crippen LogP contribution in [0, 0.1) is 10.1 Å². The molecule has 2 rings (SSSR count). The Labute approximate surface area is 125 Å². The van der Waals surface area contributed by atoms with Gasteiger partial charge < -0.3 is 20.1 Å². The highest BCUT2D eigenvalue weighted by Crippen LogP contribution is 2.30. The standard InChI is InChI=1S/C14H15NO7/c16-11-5-6-14(13(18)19,7-12(11)17)22-8-9-3-1-2-4-10(9)15(20)21/h1-6,11-12,16-17H,7-8H2,(H,18,19)/t11-,12-,14+/m1/s1. The number of carboxylic acid groups (broad SMARTS) is 1. The summed E-state index contributed by atoms with van der Waals surface area (Å²) >= 11 is 0. The summed E-state index contributed by atoms with van der Waals surface area (Å²) in [4.78, 5) is 21.8. The van der Waals surface area contributed by atoms with Gasteiger partial charge in [-0.3, -0.25) is 10.1 Å². The van der Waals surface area contributed by atoms with Crippen molar-refractivity contribution in [2.45, 2.75) is 30.8 Å². The van der Waals surface area contributed by atoms with Gasteiger partial charge in [-0.2, -0.15) is 0 Å². The number of ether oxygens (including phenoxy) is 1. The summed E-state index contributed by atoms with van der Waals surface area (Å²) in [6.45, 7) is -0.309. The minimum absolute atomic E-state index is 0.177. The van der Waals surface area contributed by atoms with Crippen LogP contribution in [0.25, 0.3) is 0 Å². The molecule has 0 unspecified atom stereocenters. The van der Waals surface area contributed by atoms with Crippen LogP contribution < -0.4 is 0 Å². The molecule has 118 valence electrons. The van der Waals surface area contributed by atoms with Gasteiger partial charge in [-0.25, -0.2) is 4.79 Å². The molecule has 0 saturated heterocycles. The number of rotatable bonds is 5. The number of carbonyl (C=O) groups is 1. The lowest BCUT2D eigenvalue weighted by Crippen LogP contribution is -2.48. The van der Waals surface area contributed by atoms with Crippen molar-refractivity contribution in [2.75, 3.05) is 0 Å². The summed E-state index contributed by atoms with van der Waals surface area (Å²) in [5.41, 5.74) is -1.78. The summed E-state index contributed by atoms with van der Waals surface area (Å²) in [5.74, 6) is -1.34. The van der Waals surface area contributed by atoms with Crippen LogP contribution in [0.5, 0.6) is 0 Å². The molecule has 0 heterocycles. The monoisotopic (exact) mass is 309 g/mol. The summed E-state index contributed by atoms with van der Waals surface area (Å²) in [6, 6.07) is 5.83. The van der Waals surface area contributed by atoms with Gasteiger partial charge in [-0.15, -0.1) is 0 Å². The lowest BCUT2D eigenvalue weighted by Gasteiger charge is -2.33. The topological polar surface area (TPSA) is 130 Å². The van der Waals surface area contributed by atoms with E-state index in [2.05, 4.69) is 0 Å². The van der Waals surface area contributed by atoms with Crippen molar-refractivity contribution >= 4 is 11.7 Å². The second kappa shape index (κ2) is 6.22. The lowest BCUT2D eigenvalue weighted by molar-refractivity contribution is -0.386. The average Bonchev–Trinajstić information content (AvgIpc) is 2.48. The van der Waals surface area contributed by atoms with Crippen LogP contribution in [0.2, 0.25) is 0 Å². The van der Waals surface area contributed by atoms with Gasteiger partial charge >= 0.3 is 5.97 Å². The second-order valence-electron chi connectivity index (χ2n) is 4.99. The van der Waals surface area contributed by atoms with Gasteiger partial charge in [-0.1, -0.05) is 18.2 Å². The number of nitrogens with zero attached hydrogens (tertiary/aromatic N) is 1. The molecule has 3 atom stereocenters. The number of nitro benzene ring substituents is 1. The van der Waals surface area contributed by atoms with Crippen LogP contribution in [-0.4, -0.2) is 44.0 Å². The molecular weight excluding hydrogens is 294 g/mol. The molecule has 0 aliphatic heterocycles. The SMILES string of the molecule is O=C(O)[C@]1(OCc2ccccc2[N+](=O)[O-])C=C[C@@H](O)[C@H](O)C1. The highest BCUT2D eigenvalue weighted by Gasteiger charge is 2.43. The molecule has 1 aliphatic rings. The number of hydrogen-bond donors (Lipinski definition) is 3. The first kappa shape index (κ1) is 16.1. The fraction of sp³-hybridized carbons (Fsp3) is 0.357. The minimum Gasteiger partial charge on any atom is -0.479 e. The van der Waals surface area contributed by atoms with Crippen molar-refractivity contribution < 1.29 is 29.8 Å². The normalized spacial score (nSPS) is 27.5. The van der Waals surface area contributed by atoms with E-state index >= 15 is 0 Å². The molecule has 3 N–H and O–H groups in total. The number of aliphatic hydroxyl groups excluding tert-OH is 2. The minimum atomic E-state index is -1.83. The Hall–Kier alpha value is -2.29. The summed E-state index contributed by atoms with van der Waals surface area (Å²) < 4.78 is 5.37. The number of aliphatic carboxylic acids is 1. The van der Waals surface area contributed by atoms with Gasteiger partial charge in [0, 0.05) is 12.5 Å². The summed E-state index contributed by atoms with van der Waals surface area (Å²) in [7, 11) is 0. The van der Waals surface area contributed by atoms with Crippen LogP contribution in [0.15, 0.2) is 36.4 Å². The smallest absolute Gasteiger partial charge is 0.340 e. The fourth-order valence-electron chi connectivity index (χ4n) is 2.23. The van der Waals surface area contributed by atoms with Crippen LogP contribution in [0.1, 0.15) is 12.0 Å². The molecule has 1 aromatic carbocycles. The van der Waals surface area contributed by atoms with Gasteiger partial charge in [0.15, 0.2) is 5.60 Å². The van der Waals surface area contributed by atoms with E-state index in [1.165, 1.54) is 18.2 Å². The van der Waals surface area contributed by atoms with Gasteiger partial charge in [0.05, 0.1) is 29.3 Å². The van der Waals surface area contributed by atoms with Gasteiger partial charge in [-0.05, 0) is 12.1 Å². The molecular formula is C14H15NO7. The zero-order chi connectivity index (χ0) is 16.3. The van der Waals surface area contributed by atoms with Crippen molar-refractivity contribution in [3.8, 4) is 0 Å². The molecule has 0 fully saturated rings. The van der Waals surface area contributed by atoms with Crippen molar-refractivity contribution in [1.29, 1.82) is 0 Å². The van der Waals surface area contributed by atoms with Crippen molar-refractivity contribution in [1.82, 2.24) is 0 Å². The number of benzene rings is 1. The van der Waals surface area contributed by atoms with E-state index in [9.17, 15) is 30.2 Å². The number of aliphatic hydroxyl groups is 2. The zero-order valence-electron chi connectivity index (χ0n) is 11.5. The van der Waals surface area contributed by atoms with Gasteiger partial charge in [0.2, 0.25) is 0 Å². The highest BCUT2D eigenvalue weighted by atomic mass is 16.6. The maximum absolute atomic E-state index is 11.5. The molecule has 8 nitrogen and oxygen atoms in total. The van der Waals surface area contributed by atoms with Crippen LogP contribution in [-0.2, 0) is 16.1 Å². The maximum Gasteiger partial charge on any atom is 0.340 e. The third-order valence-corrected chi connectivity index (χ3v) is 3.50. The number of hydrogen-bond acceptors (Lipinski definition) is 6. The molecule has 0 radical (unpaired) electrons. The van der Waals surface area contributed by atoms with E-state index < -0.39 is 28.7 Å². The Bertz CT molecular complexity index is 615. The molecule has 0 bridgehead atoms. The first-order chi connectivity index (χ1) is 10.4. The first-order valence-corrected chi connectivity index (χ1v) is 6.51.